The van der Waals surface area contributed by atoms with Crippen LogP contribution in [0, 0.1) is 0 Å². The zero-order chi connectivity index (χ0) is 49.2. The molecule has 0 bridgehead atoms. The molecule has 0 amide bonds. The van der Waals surface area contributed by atoms with E-state index in [9.17, 15) is 19.0 Å². The second-order valence-electron chi connectivity index (χ2n) is 18.9. The molecular formula is C57H100NO8P. The zero-order valence-corrected chi connectivity index (χ0v) is 44.5. The lowest BCUT2D eigenvalue weighted by molar-refractivity contribution is -0.870. The molecule has 0 N–H and O–H groups in total. The molecule has 0 aromatic rings. The molecule has 10 heteroatoms. The molecule has 67 heavy (non-hydrogen) atoms. The van der Waals surface area contributed by atoms with Crippen LogP contribution in [0.5, 0.6) is 0 Å². The van der Waals surface area contributed by atoms with Crippen LogP contribution in [0.2, 0.25) is 0 Å². The van der Waals surface area contributed by atoms with Crippen LogP contribution in [0.1, 0.15) is 213 Å². The second kappa shape index (κ2) is 48.2. The number of phosphoric ester groups is 1. The molecule has 0 spiro atoms. The molecular weight excluding hydrogens is 858 g/mol. The monoisotopic (exact) mass is 958 g/mol. The highest BCUT2D eigenvalue weighted by molar-refractivity contribution is 7.45. The first-order valence-electron chi connectivity index (χ1n) is 26.8. The third-order valence-electron chi connectivity index (χ3n) is 11.1. The highest BCUT2D eigenvalue weighted by atomic mass is 31.2. The summed E-state index contributed by atoms with van der Waals surface area (Å²) in [6.07, 6.45) is 63.2. The summed E-state index contributed by atoms with van der Waals surface area (Å²) in [5, 5.41) is 0. The van der Waals surface area contributed by atoms with E-state index in [2.05, 4.69) is 98.9 Å². The predicted octanol–water partition coefficient (Wildman–Crippen LogP) is 15.7. The van der Waals surface area contributed by atoms with E-state index in [1.807, 2.05) is 21.1 Å². The minimum atomic E-state index is -4.64. The molecule has 386 valence electrons. The van der Waals surface area contributed by atoms with Crippen molar-refractivity contribution >= 4 is 19.8 Å². The molecule has 2 atom stereocenters. The number of rotatable bonds is 48. The Hall–Kier alpha value is -2.81. The Kier molecular flexibility index (Phi) is 46.2. The van der Waals surface area contributed by atoms with Crippen LogP contribution < -0.4 is 4.89 Å². The molecule has 0 aliphatic carbocycles. The van der Waals surface area contributed by atoms with Gasteiger partial charge in [-0.1, -0.05) is 195 Å². The number of phosphoric acid groups is 1. The summed E-state index contributed by atoms with van der Waals surface area (Å²) in [6, 6.07) is 0. The third kappa shape index (κ3) is 52.4. The highest BCUT2D eigenvalue weighted by Crippen LogP contribution is 2.38. The largest absolute Gasteiger partial charge is 0.756 e. The first-order chi connectivity index (χ1) is 32.5. The van der Waals surface area contributed by atoms with Crippen LogP contribution in [0.4, 0.5) is 0 Å². The first-order valence-corrected chi connectivity index (χ1v) is 28.3. The number of unbranched alkanes of at least 4 members (excludes halogenated alkanes) is 20. The number of esters is 2. The number of hydrogen-bond acceptors (Lipinski definition) is 8. The average molecular weight is 958 g/mol. The standard InChI is InChI=1S/C57H100NO8P/c1-6-8-10-12-14-16-18-20-22-24-26-27-28-29-30-31-32-34-36-38-40-42-44-46-48-50-57(60)66-55(54-65-67(61,62)64-52-51-58(3,4)5)53-63-56(59)49-47-45-43-41-39-37-35-33-25-23-21-19-17-15-13-11-9-7-2/h8,10,14,16-17,19-20,22-23,25-27,29-30,55H,6-7,9,11-13,15,18,21,24,28,31-54H2,1-5H3/b10-8-,16-14-,19-17-,22-20-,25-23-,27-26-,30-29-. The molecule has 0 aromatic heterocycles. The number of nitrogens with zero attached hydrogens (tertiary/aromatic N) is 1. The third-order valence-corrected chi connectivity index (χ3v) is 12.1. The quantitative estimate of drug-likeness (QED) is 0.0195. The minimum absolute atomic E-state index is 0.0374. The maximum atomic E-state index is 12.8. The van der Waals surface area contributed by atoms with Crippen molar-refractivity contribution in [2.45, 2.75) is 219 Å². The molecule has 0 radical (unpaired) electrons. The number of carbonyl (C=O) groups is 2. The summed E-state index contributed by atoms with van der Waals surface area (Å²) in [6.45, 7) is 4.09. The van der Waals surface area contributed by atoms with Gasteiger partial charge in [0, 0.05) is 12.8 Å². The second-order valence-corrected chi connectivity index (χ2v) is 20.3. The van der Waals surface area contributed by atoms with Gasteiger partial charge in [0.05, 0.1) is 27.7 Å². The zero-order valence-electron chi connectivity index (χ0n) is 43.6. The smallest absolute Gasteiger partial charge is 0.306 e. The lowest BCUT2D eigenvalue weighted by Gasteiger charge is -2.28. The van der Waals surface area contributed by atoms with Gasteiger partial charge in [0.25, 0.3) is 7.82 Å². The molecule has 0 aromatic carbocycles. The topological polar surface area (TPSA) is 111 Å². The van der Waals surface area contributed by atoms with Gasteiger partial charge < -0.3 is 27.9 Å². The van der Waals surface area contributed by atoms with Crippen LogP contribution in [0.15, 0.2) is 85.1 Å². The number of likely N-dealkylation sites (N-methyl/N-ethyl adjacent to an activating group) is 1. The lowest BCUT2D eigenvalue weighted by Crippen LogP contribution is -2.37. The molecule has 0 fully saturated rings. The van der Waals surface area contributed by atoms with Crippen molar-refractivity contribution in [3.63, 3.8) is 0 Å². The van der Waals surface area contributed by atoms with Gasteiger partial charge in [-0.2, -0.15) is 0 Å². The van der Waals surface area contributed by atoms with Crippen molar-refractivity contribution in [3.05, 3.63) is 85.1 Å². The predicted molar refractivity (Wildman–Crippen MR) is 282 cm³/mol. The van der Waals surface area contributed by atoms with Crippen LogP contribution in [-0.2, 0) is 32.7 Å². The van der Waals surface area contributed by atoms with Crippen molar-refractivity contribution in [2.24, 2.45) is 0 Å². The molecule has 0 aliphatic heterocycles. The number of quaternary nitrogens is 1. The van der Waals surface area contributed by atoms with E-state index in [0.717, 1.165) is 96.3 Å². The summed E-state index contributed by atoms with van der Waals surface area (Å²) in [5.41, 5.74) is 0. The van der Waals surface area contributed by atoms with Gasteiger partial charge in [-0.3, -0.25) is 14.2 Å². The highest BCUT2D eigenvalue weighted by Gasteiger charge is 2.21. The van der Waals surface area contributed by atoms with Crippen molar-refractivity contribution in [1.29, 1.82) is 0 Å². The van der Waals surface area contributed by atoms with E-state index in [1.54, 1.807) is 0 Å². The Morgan fingerprint density at radius 1 is 0.478 bits per heavy atom. The maximum absolute atomic E-state index is 12.8. The number of carbonyl (C=O) groups excluding carboxylic acids is 2. The Bertz CT molecular complexity index is 1410. The van der Waals surface area contributed by atoms with Crippen LogP contribution in [0.3, 0.4) is 0 Å². The Labute approximate surface area is 411 Å². The van der Waals surface area contributed by atoms with E-state index < -0.39 is 32.5 Å². The fourth-order valence-corrected chi connectivity index (χ4v) is 7.73. The molecule has 9 nitrogen and oxygen atoms in total. The summed E-state index contributed by atoms with van der Waals surface area (Å²) in [4.78, 5) is 37.8. The molecule has 0 heterocycles. The van der Waals surface area contributed by atoms with Crippen molar-refractivity contribution in [1.82, 2.24) is 0 Å². The van der Waals surface area contributed by atoms with Gasteiger partial charge in [-0.05, 0) is 89.9 Å². The summed E-state index contributed by atoms with van der Waals surface area (Å²) >= 11 is 0. The van der Waals surface area contributed by atoms with Gasteiger partial charge in [-0.15, -0.1) is 0 Å². The van der Waals surface area contributed by atoms with Gasteiger partial charge >= 0.3 is 11.9 Å². The minimum Gasteiger partial charge on any atom is -0.756 e. The molecule has 0 aliphatic rings. The molecule has 0 rings (SSSR count). The van der Waals surface area contributed by atoms with Crippen molar-refractivity contribution in [2.75, 3.05) is 47.5 Å². The van der Waals surface area contributed by atoms with E-state index in [0.29, 0.717) is 17.4 Å². The molecule has 2 unspecified atom stereocenters. The lowest BCUT2D eigenvalue weighted by atomic mass is 10.1. The van der Waals surface area contributed by atoms with Crippen molar-refractivity contribution < 1.29 is 42.1 Å². The number of ether oxygens (including phenoxy) is 2. The Balaban J connectivity index is 4.26. The van der Waals surface area contributed by atoms with Crippen LogP contribution in [-0.4, -0.2) is 70.0 Å². The summed E-state index contributed by atoms with van der Waals surface area (Å²) in [5.74, 6) is -0.852. The van der Waals surface area contributed by atoms with Crippen LogP contribution >= 0.6 is 7.82 Å². The normalized spacial score (nSPS) is 14.1. The SMILES string of the molecule is CC/C=C\C/C=C\C/C=C\C/C=C\C/C=C\CCCCCCCCCCCC(=O)OC(COC(=O)CCCCCCCCC/C=C\C/C=C\CCCCCC)COP(=O)([O-])OCC[N+](C)(C)C. The van der Waals surface area contributed by atoms with Crippen LogP contribution in [0.25, 0.3) is 0 Å². The summed E-state index contributed by atoms with van der Waals surface area (Å²) < 4.78 is 34.1. The molecule has 0 saturated carbocycles. The van der Waals surface area contributed by atoms with Gasteiger partial charge in [-0.25, -0.2) is 0 Å². The van der Waals surface area contributed by atoms with Crippen molar-refractivity contribution in [3.8, 4) is 0 Å². The number of allylic oxidation sites excluding steroid dienone is 14. The maximum Gasteiger partial charge on any atom is 0.306 e. The van der Waals surface area contributed by atoms with E-state index >= 15 is 0 Å². The van der Waals surface area contributed by atoms with E-state index in [-0.39, 0.29) is 26.1 Å². The van der Waals surface area contributed by atoms with Gasteiger partial charge in [0.15, 0.2) is 6.10 Å². The fraction of sp³-hybridized carbons (Fsp3) is 0.719. The Morgan fingerprint density at radius 3 is 1.27 bits per heavy atom. The summed E-state index contributed by atoms with van der Waals surface area (Å²) in [7, 11) is 1.15. The van der Waals surface area contributed by atoms with Gasteiger partial charge in [0.1, 0.15) is 19.8 Å². The molecule has 0 saturated heterocycles. The van der Waals surface area contributed by atoms with E-state index in [4.69, 9.17) is 18.5 Å². The average Bonchev–Trinajstić information content (AvgIpc) is 3.29. The van der Waals surface area contributed by atoms with E-state index in [1.165, 1.54) is 83.5 Å². The first kappa shape index (κ1) is 64.2. The van der Waals surface area contributed by atoms with Gasteiger partial charge in [0.2, 0.25) is 0 Å². The fourth-order valence-electron chi connectivity index (χ4n) is 7.01. The number of hydrogen-bond donors (Lipinski definition) is 0. The Morgan fingerprint density at radius 2 is 0.851 bits per heavy atom.